The average Bonchev–Trinajstić information content (AvgIpc) is 3.51. The van der Waals surface area contributed by atoms with Crippen molar-refractivity contribution in [2.45, 2.75) is 31.5 Å². The van der Waals surface area contributed by atoms with Gasteiger partial charge in [0.1, 0.15) is 23.9 Å². The lowest BCUT2D eigenvalue weighted by atomic mass is 10.1. The molecule has 0 aliphatic carbocycles. The van der Waals surface area contributed by atoms with E-state index in [1.54, 1.807) is 15.6 Å². The van der Waals surface area contributed by atoms with Crippen molar-refractivity contribution in [3.8, 4) is 6.01 Å². The Bertz CT molecular complexity index is 1280. The van der Waals surface area contributed by atoms with E-state index in [4.69, 9.17) is 21.0 Å². The molecule has 0 N–H and O–H groups in total. The minimum absolute atomic E-state index is 0.161. The van der Waals surface area contributed by atoms with Crippen molar-refractivity contribution in [2.24, 2.45) is 0 Å². The van der Waals surface area contributed by atoms with Crippen LogP contribution in [-0.2, 0) is 11.3 Å². The van der Waals surface area contributed by atoms with Crippen molar-refractivity contribution in [3.05, 3.63) is 58.1 Å². The Kier molecular flexibility index (Phi) is 7.71. The molecule has 1 amide bonds. The predicted molar refractivity (Wildman–Crippen MR) is 140 cm³/mol. The summed E-state index contributed by atoms with van der Waals surface area (Å²) in [6.07, 6.45) is 3.50. The number of fused-ring (bicyclic) bond motifs is 1. The molecule has 0 bridgehead atoms. The number of benzene rings is 1. The number of piperazine rings is 1. The number of carbonyl (C=O) groups is 1. The summed E-state index contributed by atoms with van der Waals surface area (Å²) >= 11 is 3.51. The van der Waals surface area contributed by atoms with Crippen molar-refractivity contribution < 1.29 is 14.3 Å². The Morgan fingerprint density at radius 2 is 2.05 bits per heavy atom. The molecule has 2 fully saturated rings. The monoisotopic (exact) mass is 568 g/mol. The lowest BCUT2D eigenvalue weighted by Crippen LogP contribution is -2.56. The third-order valence-corrected chi connectivity index (χ3v) is 7.42. The van der Waals surface area contributed by atoms with Crippen molar-refractivity contribution in [1.29, 1.82) is 0 Å². The highest BCUT2D eigenvalue weighted by molar-refractivity contribution is 9.10. The van der Waals surface area contributed by atoms with E-state index in [9.17, 15) is 4.79 Å². The van der Waals surface area contributed by atoms with Gasteiger partial charge in [-0.3, -0.25) is 4.90 Å². The zero-order valence-corrected chi connectivity index (χ0v) is 22.2. The first-order valence-corrected chi connectivity index (χ1v) is 13.1. The summed E-state index contributed by atoms with van der Waals surface area (Å²) in [5.41, 5.74) is 1.50. The molecule has 3 aromatic rings. The molecule has 0 saturated carbocycles. The molecular formula is C25H29BrN8O3. The highest BCUT2D eigenvalue weighted by atomic mass is 79.9. The van der Waals surface area contributed by atoms with Crippen LogP contribution >= 0.6 is 15.9 Å². The molecule has 2 saturated heterocycles. The van der Waals surface area contributed by atoms with Gasteiger partial charge in [0.2, 0.25) is 6.54 Å². The average molecular weight is 569 g/mol. The predicted octanol–water partition coefficient (Wildman–Crippen LogP) is 3.11. The molecule has 11 nitrogen and oxygen atoms in total. The number of hydrogen-bond donors (Lipinski definition) is 0. The van der Waals surface area contributed by atoms with E-state index in [1.807, 2.05) is 35.2 Å². The Morgan fingerprint density at radius 1 is 1.22 bits per heavy atom. The van der Waals surface area contributed by atoms with E-state index in [2.05, 4.69) is 42.8 Å². The molecule has 2 atom stereocenters. The maximum Gasteiger partial charge on any atom is 0.410 e. The normalized spacial score (nSPS) is 20.2. The fourth-order valence-corrected chi connectivity index (χ4v) is 5.16. The molecule has 2 aliphatic rings. The summed E-state index contributed by atoms with van der Waals surface area (Å²) in [6, 6.07) is 9.82. The molecule has 1 aromatic carbocycles. The number of likely N-dealkylation sites (N-methyl/N-ethyl adjacent to an activating group) is 1. The standard InChI is InChI=1S/C25H29BrN8O3/c1-27-13-20-15-32(11-12-33(20)25(35)37-16-18-7-4-3-5-8-18)23-22-28-14-21(26)34(22)30-24(29-23)36-17-19-9-6-10-31(19)2/h3-5,7-8,14,19-20H,6,9-13,15-17H2,2H3/t19-,20-/m0/s1. The molecule has 2 aromatic heterocycles. The second-order valence-electron chi connectivity index (χ2n) is 9.30. The van der Waals surface area contributed by atoms with Crippen LogP contribution in [0.4, 0.5) is 10.6 Å². The quantitative estimate of drug-likeness (QED) is 0.401. The summed E-state index contributed by atoms with van der Waals surface area (Å²) in [5.74, 6) is 0.614. The number of imidazole rings is 1. The van der Waals surface area contributed by atoms with Crippen molar-refractivity contribution in [1.82, 2.24) is 29.4 Å². The molecule has 5 rings (SSSR count). The molecule has 37 heavy (non-hydrogen) atoms. The maximum absolute atomic E-state index is 12.9. The Balaban J connectivity index is 1.32. The number of hydrogen-bond acceptors (Lipinski definition) is 8. The van der Waals surface area contributed by atoms with Crippen LogP contribution < -0.4 is 9.64 Å². The summed E-state index contributed by atoms with van der Waals surface area (Å²) in [7, 11) is 2.10. The van der Waals surface area contributed by atoms with Crippen molar-refractivity contribution in [3.63, 3.8) is 0 Å². The highest BCUT2D eigenvalue weighted by Crippen LogP contribution is 2.27. The number of halogens is 1. The smallest absolute Gasteiger partial charge is 0.410 e. The van der Waals surface area contributed by atoms with Gasteiger partial charge in [-0.2, -0.15) is 9.50 Å². The third kappa shape index (κ3) is 5.62. The second kappa shape index (κ2) is 11.3. The SMILES string of the molecule is [C-]#[N+]C[C@H]1CN(c2nc(OC[C@@H]3CCCN3C)nn3c(Br)cnc23)CCN1C(=O)OCc1ccccc1. The van der Waals surface area contributed by atoms with E-state index in [0.717, 1.165) is 24.9 Å². The number of aromatic nitrogens is 4. The minimum Gasteiger partial charge on any atom is -0.461 e. The lowest BCUT2D eigenvalue weighted by Gasteiger charge is -2.39. The van der Waals surface area contributed by atoms with Crippen LogP contribution in [0.15, 0.2) is 41.1 Å². The molecular weight excluding hydrogens is 540 g/mol. The van der Waals surface area contributed by atoms with Gasteiger partial charge in [-0.1, -0.05) is 30.3 Å². The van der Waals surface area contributed by atoms with Gasteiger partial charge in [-0.05, 0) is 47.9 Å². The maximum atomic E-state index is 12.9. The number of anilines is 1. The molecule has 4 heterocycles. The Morgan fingerprint density at radius 3 is 2.81 bits per heavy atom. The molecule has 2 aliphatic heterocycles. The van der Waals surface area contributed by atoms with Gasteiger partial charge in [0.05, 0.1) is 6.20 Å². The van der Waals surface area contributed by atoms with Crippen molar-refractivity contribution in [2.75, 3.05) is 51.3 Å². The summed E-state index contributed by atoms with van der Waals surface area (Å²) in [5, 5.41) is 4.52. The zero-order chi connectivity index (χ0) is 25.8. The van der Waals surface area contributed by atoms with Gasteiger partial charge in [-0.25, -0.2) is 16.4 Å². The highest BCUT2D eigenvalue weighted by Gasteiger charge is 2.35. The minimum atomic E-state index is -0.418. The van der Waals surface area contributed by atoms with Crippen LogP contribution in [0.1, 0.15) is 18.4 Å². The van der Waals surface area contributed by atoms with Crippen LogP contribution in [0.3, 0.4) is 0 Å². The van der Waals surface area contributed by atoms with E-state index in [0.29, 0.717) is 48.4 Å². The number of rotatable bonds is 7. The van der Waals surface area contributed by atoms with Gasteiger partial charge in [-0.15, -0.1) is 5.10 Å². The van der Waals surface area contributed by atoms with E-state index >= 15 is 0 Å². The van der Waals surface area contributed by atoms with E-state index in [-0.39, 0.29) is 25.2 Å². The van der Waals surface area contributed by atoms with E-state index in [1.165, 1.54) is 0 Å². The van der Waals surface area contributed by atoms with Gasteiger partial charge in [0.25, 0.3) is 0 Å². The number of nitrogens with zero attached hydrogens (tertiary/aromatic N) is 8. The summed E-state index contributed by atoms with van der Waals surface area (Å²) in [4.78, 5) is 31.7. The second-order valence-corrected chi connectivity index (χ2v) is 10.1. The molecule has 0 unspecified atom stereocenters. The number of amides is 1. The lowest BCUT2D eigenvalue weighted by molar-refractivity contribution is 0.0788. The van der Waals surface area contributed by atoms with Gasteiger partial charge in [0.15, 0.2) is 11.5 Å². The molecule has 0 radical (unpaired) electrons. The van der Waals surface area contributed by atoms with Crippen LogP contribution in [0, 0.1) is 6.57 Å². The fourth-order valence-electron chi connectivity index (χ4n) is 4.81. The van der Waals surface area contributed by atoms with Gasteiger partial charge in [0, 0.05) is 25.7 Å². The van der Waals surface area contributed by atoms with Gasteiger partial charge >= 0.3 is 12.1 Å². The zero-order valence-electron chi connectivity index (χ0n) is 20.7. The first kappa shape index (κ1) is 25.2. The first-order chi connectivity index (χ1) is 18.0. The number of likely N-dealkylation sites (tertiary alicyclic amines) is 1. The van der Waals surface area contributed by atoms with Gasteiger partial charge < -0.3 is 24.1 Å². The van der Waals surface area contributed by atoms with Crippen LogP contribution in [0.5, 0.6) is 6.01 Å². The largest absolute Gasteiger partial charge is 0.461 e. The molecule has 194 valence electrons. The molecule has 0 spiro atoms. The Labute approximate surface area is 223 Å². The van der Waals surface area contributed by atoms with Crippen LogP contribution in [0.2, 0.25) is 0 Å². The fraction of sp³-hybridized carbons (Fsp3) is 0.480. The van der Waals surface area contributed by atoms with Crippen molar-refractivity contribution >= 4 is 33.5 Å². The summed E-state index contributed by atoms with van der Waals surface area (Å²) in [6.45, 7) is 10.7. The van der Waals surface area contributed by atoms with Crippen LogP contribution in [0.25, 0.3) is 10.5 Å². The Hall–Kier alpha value is -3.43. The number of ether oxygens (including phenoxy) is 2. The number of carbonyl (C=O) groups excluding carboxylic acids is 1. The van der Waals surface area contributed by atoms with E-state index < -0.39 is 6.09 Å². The third-order valence-electron chi connectivity index (χ3n) is 6.88. The summed E-state index contributed by atoms with van der Waals surface area (Å²) < 4.78 is 14.0. The topological polar surface area (TPSA) is 92.7 Å². The molecule has 12 heteroatoms. The van der Waals surface area contributed by atoms with Crippen LogP contribution in [-0.4, -0.2) is 93.9 Å². The first-order valence-electron chi connectivity index (χ1n) is 12.3.